The second kappa shape index (κ2) is 5.69. The number of thioether (sulfide) groups is 1. The van der Waals surface area contributed by atoms with E-state index in [-0.39, 0.29) is 0 Å². The Balaban J connectivity index is 2.27. The van der Waals surface area contributed by atoms with Gasteiger partial charge in [0.2, 0.25) is 0 Å². The Morgan fingerprint density at radius 2 is 2.12 bits per heavy atom. The highest BCUT2D eigenvalue weighted by atomic mass is 79.9. The molecule has 2 rings (SSSR count). The van der Waals surface area contributed by atoms with Crippen molar-refractivity contribution < 1.29 is 0 Å². The van der Waals surface area contributed by atoms with Gasteiger partial charge in [-0.15, -0.1) is 11.8 Å². The molecule has 1 nitrogen and oxygen atoms in total. The van der Waals surface area contributed by atoms with Gasteiger partial charge in [-0.1, -0.05) is 31.5 Å². The summed E-state index contributed by atoms with van der Waals surface area (Å²) in [5.74, 6) is 1.14. The van der Waals surface area contributed by atoms with Gasteiger partial charge in [-0.25, -0.2) is 4.98 Å². The molecule has 1 aromatic heterocycles. The van der Waals surface area contributed by atoms with Crippen molar-refractivity contribution >= 4 is 38.6 Å². The van der Waals surface area contributed by atoms with E-state index in [4.69, 9.17) is 0 Å². The van der Waals surface area contributed by atoms with Crippen LogP contribution in [0.3, 0.4) is 0 Å². The number of halogens is 1. The van der Waals surface area contributed by atoms with Gasteiger partial charge in [0.25, 0.3) is 0 Å². The fourth-order valence-electron chi connectivity index (χ4n) is 1.49. The molecule has 0 atom stereocenters. The molecule has 1 aromatic carbocycles. The van der Waals surface area contributed by atoms with Gasteiger partial charge < -0.3 is 0 Å². The van der Waals surface area contributed by atoms with Crippen molar-refractivity contribution in [3.05, 3.63) is 34.8 Å². The topological polar surface area (TPSA) is 12.9 Å². The maximum atomic E-state index is 4.66. The van der Waals surface area contributed by atoms with Crippen molar-refractivity contribution in [3.63, 3.8) is 0 Å². The van der Waals surface area contributed by atoms with Gasteiger partial charge in [-0.05, 0) is 40.2 Å². The van der Waals surface area contributed by atoms with Crippen LogP contribution in [-0.4, -0.2) is 10.7 Å². The van der Waals surface area contributed by atoms with Crippen LogP contribution in [0.2, 0.25) is 0 Å². The molecule has 0 radical (unpaired) electrons. The largest absolute Gasteiger partial charge is 0.240 e. The summed E-state index contributed by atoms with van der Waals surface area (Å²) in [5.41, 5.74) is 1.07. The number of nitrogens with zero attached hydrogens (tertiary/aromatic N) is 1. The van der Waals surface area contributed by atoms with Gasteiger partial charge in [0, 0.05) is 5.39 Å². The first-order chi connectivity index (χ1) is 7.81. The molecule has 0 saturated heterocycles. The second-order valence-corrected chi connectivity index (χ2v) is 5.61. The third-order valence-corrected chi connectivity index (χ3v) is 4.33. The fraction of sp³-hybridized carbons (Fsp3) is 0.308. The summed E-state index contributed by atoms with van der Waals surface area (Å²) in [7, 11) is 0. The van der Waals surface area contributed by atoms with Gasteiger partial charge in [0.05, 0.1) is 9.99 Å². The third-order valence-electron chi connectivity index (χ3n) is 2.38. The number of unbranched alkanes of at least 4 members (excludes halogenated alkanes) is 1. The Labute approximate surface area is 109 Å². The monoisotopic (exact) mass is 295 g/mol. The van der Waals surface area contributed by atoms with Gasteiger partial charge in [-0.2, -0.15) is 0 Å². The van der Waals surface area contributed by atoms with Crippen LogP contribution in [0, 0.1) is 0 Å². The van der Waals surface area contributed by atoms with Crippen molar-refractivity contribution in [2.75, 3.05) is 5.75 Å². The maximum Gasteiger partial charge on any atom is 0.111 e. The molecule has 16 heavy (non-hydrogen) atoms. The zero-order valence-corrected chi connectivity index (χ0v) is 11.6. The predicted octanol–water partition coefficient (Wildman–Crippen LogP) is 4.89. The first-order valence-electron chi connectivity index (χ1n) is 5.49. The molecule has 0 N–H and O–H groups in total. The lowest BCUT2D eigenvalue weighted by atomic mass is 10.2. The Bertz CT molecular complexity index is 484. The summed E-state index contributed by atoms with van der Waals surface area (Å²) in [6.45, 7) is 2.21. The van der Waals surface area contributed by atoms with Gasteiger partial charge in [0.1, 0.15) is 5.03 Å². The number of para-hydroxylation sites is 1. The summed E-state index contributed by atoms with van der Waals surface area (Å²) in [6, 6.07) is 10.4. The van der Waals surface area contributed by atoms with Crippen molar-refractivity contribution in [3.8, 4) is 0 Å². The molecule has 0 saturated carbocycles. The van der Waals surface area contributed by atoms with Crippen LogP contribution in [0.1, 0.15) is 19.8 Å². The Kier molecular flexibility index (Phi) is 4.24. The molecule has 0 unspecified atom stereocenters. The van der Waals surface area contributed by atoms with Crippen LogP contribution in [-0.2, 0) is 0 Å². The van der Waals surface area contributed by atoms with E-state index >= 15 is 0 Å². The first kappa shape index (κ1) is 11.9. The Morgan fingerprint density at radius 3 is 2.94 bits per heavy atom. The Hall–Kier alpha value is -0.540. The van der Waals surface area contributed by atoms with Crippen LogP contribution < -0.4 is 0 Å². The summed E-state index contributed by atoms with van der Waals surface area (Å²) in [6.07, 6.45) is 2.48. The average Bonchev–Trinajstić information content (AvgIpc) is 2.30. The summed E-state index contributed by atoms with van der Waals surface area (Å²) >= 11 is 5.41. The second-order valence-electron chi connectivity index (χ2n) is 3.67. The first-order valence-corrected chi connectivity index (χ1v) is 7.27. The zero-order valence-electron chi connectivity index (χ0n) is 9.24. The molecule has 0 aliphatic carbocycles. The number of rotatable bonds is 4. The minimum absolute atomic E-state index is 1.07. The summed E-state index contributed by atoms with van der Waals surface area (Å²) in [4.78, 5) is 4.66. The molecule has 0 fully saturated rings. The maximum absolute atomic E-state index is 4.66. The molecule has 2 aromatic rings. The predicted molar refractivity (Wildman–Crippen MR) is 75.1 cm³/mol. The standard InChI is InChI=1S/C13H14BrNS/c1-2-3-8-16-13-11(14)9-10-6-4-5-7-12(10)15-13/h4-7,9H,2-3,8H2,1H3. The number of hydrogen-bond acceptors (Lipinski definition) is 2. The van der Waals surface area contributed by atoms with Crippen molar-refractivity contribution in [1.29, 1.82) is 0 Å². The van der Waals surface area contributed by atoms with Crippen LogP contribution >= 0.6 is 27.7 Å². The summed E-state index contributed by atoms with van der Waals surface area (Å²) in [5, 5.41) is 2.29. The third kappa shape index (κ3) is 2.77. The van der Waals surface area contributed by atoms with E-state index in [9.17, 15) is 0 Å². The van der Waals surface area contributed by atoms with E-state index in [0.717, 1.165) is 20.8 Å². The van der Waals surface area contributed by atoms with Crippen LogP contribution in [0.25, 0.3) is 10.9 Å². The quantitative estimate of drug-likeness (QED) is 0.588. The molecular weight excluding hydrogens is 282 g/mol. The lowest BCUT2D eigenvalue weighted by Gasteiger charge is -2.05. The number of pyridine rings is 1. The van der Waals surface area contributed by atoms with Crippen LogP contribution in [0.15, 0.2) is 39.8 Å². The highest BCUT2D eigenvalue weighted by molar-refractivity contribution is 9.10. The minimum atomic E-state index is 1.07. The molecule has 3 heteroatoms. The number of aromatic nitrogens is 1. The lowest BCUT2D eigenvalue weighted by molar-refractivity contribution is 0.894. The highest BCUT2D eigenvalue weighted by Crippen LogP contribution is 2.29. The van der Waals surface area contributed by atoms with E-state index in [2.05, 4.69) is 46.0 Å². The molecule has 0 aliphatic heterocycles. The van der Waals surface area contributed by atoms with Gasteiger partial charge in [0.15, 0.2) is 0 Å². The summed E-state index contributed by atoms with van der Waals surface area (Å²) < 4.78 is 1.10. The molecular formula is C13H14BrNS. The smallest absolute Gasteiger partial charge is 0.111 e. The molecule has 0 aliphatic rings. The van der Waals surface area contributed by atoms with Crippen molar-refractivity contribution in [1.82, 2.24) is 4.98 Å². The fourth-order valence-corrected chi connectivity index (χ4v) is 3.15. The highest BCUT2D eigenvalue weighted by Gasteiger charge is 2.04. The van der Waals surface area contributed by atoms with E-state index < -0.39 is 0 Å². The molecule has 1 heterocycles. The lowest BCUT2D eigenvalue weighted by Crippen LogP contribution is -1.86. The minimum Gasteiger partial charge on any atom is -0.240 e. The number of benzene rings is 1. The molecule has 0 spiro atoms. The van der Waals surface area contributed by atoms with E-state index in [0.29, 0.717) is 0 Å². The van der Waals surface area contributed by atoms with Crippen LogP contribution in [0.4, 0.5) is 0 Å². The molecule has 84 valence electrons. The average molecular weight is 296 g/mol. The zero-order chi connectivity index (χ0) is 11.4. The van der Waals surface area contributed by atoms with E-state index in [1.54, 1.807) is 0 Å². The van der Waals surface area contributed by atoms with E-state index in [1.165, 1.54) is 18.2 Å². The SMILES string of the molecule is CCCCSc1nc2ccccc2cc1Br. The van der Waals surface area contributed by atoms with Crippen molar-refractivity contribution in [2.24, 2.45) is 0 Å². The normalized spacial score (nSPS) is 10.9. The van der Waals surface area contributed by atoms with E-state index in [1.807, 2.05) is 23.9 Å². The molecule has 0 amide bonds. The van der Waals surface area contributed by atoms with Gasteiger partial charge in [-0.3, -0.25) is 0 Å². The van der Waals surface area contributed by atoms with Crippen molar-refractivity contribution in [2.45, 2.75) is 24.8 Å². The number of fused-ring (bicyclic) bond motifs is 1. The van der Waals surface area contributed by atoms with Gasteiger partial charge >= 0.3 is 0 Å². The molecule has 0 bridgehead atoms. The Morgan fingerprint density at radius 1 is 1.31 bits per heavy atom. The number of hydrogen-bond donors (Lipinski definition) is 0. The van der Waals surface area contributed by atoms with Crippen LogP contribution in [0.5, 0.6) is 0 Å².